The molecule has 1 N–H and O–H groups in total. The van der Waals surface area contributed by atoms with Gasteiger partial charge in [-0.2, -0.15) is 0 Å². The summed E-state index contributed by atoms with van der Waals surface area (Å²) >= 11 is 0. The van der Waals surface area contributed by atoms with E-state index in [2.05, 4.69) is 37.1 Å². The molecule has 1 aromatic heterocycles. The number of guanidine groups is 1. The van der Waals surface area contributed by atoms with Crippen molar-refractivity contribution in [3.05, 3.63) is 23.9 Å². The molecule has 4 heterocycles. The maximum absolute atomic E-state index is 5.50. The molecular weight excluding hydrogens is 491 g/mol. The van der Waals surface area contributed by atoms with Crippen molar-refractivity contribution in [2.75, 3.05) is 64.4 Å². The summed E-state index contributed by atoms with van der Waals surface area (Å²) in [5.41, 5.74) is 1.20. The molecule has 168 valence electrons. The van der Waals surface area contributed by atoms with Gasteiger partial charge in [0.1, 0.15) is 5.82 Å². The van der Waals surface area contributed by atoms with Crippen molar-refractivity contribution >= 4 is 35.8 Å². The van der Waals surface area contributed by atoms with Crippen molar-refractivity contribution in [3.63, 3.8) is 0 Å². The first kappa shape index (κ1) is 23.5. The van der Waals surface area contributed by atoms with Gasteiger partial charge >= 0.3 is 0 Å². The van der Waals surface area contributed by atoms with Gasteiger partial charge in [-0.15, -0.1) is 24.0 Å². The van der Waals surface area contributed by atoms with Crippen molar-refractivity contribution in [3.8, 4) is 0 Å². The second-order valence-corrected chi connectivity index (χ2v) is 8.36. The molecule has 1 aromatic rings. The van der Waals surface area contributed by atoms with Crippen molar-refractivity contribution in [2.24, 2.45) is 4.99 Å². The molecule has 1 unspecified atom stereocenters. The Morgan fingerprint density at radius 2 is 1.87 bits per heavy atom. The largest absolute Gasteiger partial charge is 0.379 e. The van der Waals surface area contributed by atoms with Crippen molar-refractivity contribution < 1.29 is 4.74 Å². The lowest BCUT2D eigenvalue weighted by Gasteiger charge is -2.32. The van der Waals surface area contributed by atoms with Crippen molar-refractivity contribution in [1.82, 2.24) is 20.1 Å². The highest BCUT2D eigenvalue weighted by atomic mass is 127. The summed E-state index contributed by atoms with van der Waals surface area (Å²) in [5, 5.41) is 3.54. The fourth-order valence-electron chi connectivity index (χ4n) is 4.70. The Morgan fingerprint density at radius 3 is 2.53 bits per heavy atom. The van der Waals surface area contributed by atoms with E-state index >= 15 is 0 Å². The number of anilines is 1. The molecule has 0 saturated carbocycles. The molecule has 0 amide bonds. The van der Waals surface area contributed by atoms with Gasteiger partial charge in [0.05, 0.1) is 13.2 Å². The third-order valence-corrected chi connectivity index (χ3v) is 6.43. The Morgan fingerprint density at radius 1 is 1.10 bits per heavy atom. The molecular formula is C22H37IN6O. The van der Waals surface area contributed by atoms with Crippen LogP contribution in [-0.2, 0) is 11.3 Å². The average Bonchev–Trinajstić information content (AvgIpc) is 3.10. The topological polar surface area (TPSA) is 56.2 Å². The summed E-state index contributed by atoms with van der Waals surface area (Å²) in [6, 6.07) is 5.00. The van der Waals surface area contributed by atoms with Crippen molar-refractivity contribution in [2.45, 2.75) is 44.7 Å². The van der Waals surface area contributed by atoms with Crippen LogP contribution in [0.3, 0.4) is 0 Å². The number of pyridine rings is 1. The number of ether oxygens (including phenoxy) is 1. The van der Waals surface area contributed by atoms with Crippen molar-refractivity contribution in [1.29, 1.82) is 0 Å². The zero-order valence-corrected chi connectivity index (χ0v) is 20.6. The Kier molecular flexibility index (Phi) is 9.45. The lowest BCUT2D eigenvalue weighted by atomic mass is 10.2. The second kappa shape index (κ2) is 12.0. The molecule has 0 aliphatic carbocycles. The van der Waals surface area contributed by atoms with Crippen LogP contribution < -0.4 is 10.2 Å². The lowest BCUT2D eigenvalue weighted by Crippen LogP contribution is -2.46. The molecule has 0 aromatic carbocycles. The van der Waals surface area contributed by atoms with Gasteiger partial charge in [-0.05, 0) is 30.9 Å². The maximum atomic E-state index is 5.50. The normalized spacial score (nSPS) is 23.8. The van der Waals surface area contributed by atoms with Crippen LogP contribution in [0.25, 0.3) is 0 Å². The number of nitrogens with zero attached hydrogens (tertiary/aromatic N) is 5. The minimum Gasteiger partial charge on any atom is -0.379 e. The van der Waals surface area contributed by atoms with Crippen LogP contribution in [0, 0.1) is 0 Å². The third-order valence-electron chi connectivity index (χ3n) is 6.43. The van der Waals surface area contributed by atoms with Gasteiger partial charge in [0, 0.05) is 65.1 Å². The van der Waals surface area contributed by atoms with Gasteiger partial charge in [0.2, 0.25) is 0 Å². The first-order valence-electron chi connectivity index (χ1n) is 11.3. The second-order valence-electron chi connectivity index (χ2n) is 8.36. The number of hydrogen-bond donors (Lipinski definition) is 1. The fourth-order valence-corrected chi connectivity index (χ4v) is 4.70. The van der Waals surface area contributed by atoms with E-state index < -0.39 is 0 Å². The summed E-state index contributed by atoms with van der Waals surface area (Å²) in [5.74, 6) is 2.12. The van der Waals surface area contributed by atoms with Crippen LogP contribution in [0.4, 0.5) is 5.82 Å². The Labute approximate surface area is 198 Å². The summed E-state index contributed by atoms with van der Waals surface area (Å²) in [6.45, 7) is 8.98. The molecule has 30 heavy (non-hydrogen) atoms. The number of aromatic nitrogens is 1. The van der Waals surface area contributed by atoms with E-state index in [0.717, 1.165) is 70.8 Å². The van der Waals surface area contributed by atoms with Crippen LogP contribution in [0.1, 0.15) is 37.7 Å². The summed E-state index contributed by atoms with van der Waals surface area (Å²) in [6.07, 6.45) is 8.47. The minimum atomic E-state index is 0. The number of morpholine rings is 1. The molecule has 0 radical (unpaired) electrons. The van der Waals surface area contributed by atoms with Crippen LogP contribution in [0.5, 0.6) is 0 Å². The number of halogens is 1. The molecule has 3 aliphatic rings. The van der Waals surface area contributed by atoms with E-state index in [9.17, 15) is 0 Å². The molecule has 3 fully saturated rings. The zero-order chi connectivity index (χ0) is 19.9. The maximum Gasteiger partial charge on any atom is 0.193 e. The third kappa shape index (κ3) is 6.20. The van der Waals surface area contributed by atoms with Gasteiger partial charge in [0.25, 0.3) is 0 Å². The molecule has 7 nitrogen and oxygen atoms in total. The molecule has 4 rings (SSSR count). The molecule has 3 aliphatic heterocycles. The number of hydrogen-bond acceptors (Lipinski definition) is 5. The zero-order valence-electron chi connectivity index (χ0n) is 18.3. The average molecular weight is 528 g/mol. The Balaban J connectivity index is 0.00000256. The number of likely N-dealkylation sites (tertiary alicyclic amines) is 1. The highest BCUT2D eigenvalue weighted by molar-refractivity contribution is 14.0. The first-order chi connectivity index (χ1) is 14.3. The summed E-state index contributed by atoms with van der Waals surface area (Å²) < 4.78 is 5.50. The highest BCUT2D eigenvalue weighted by Gasteiger charge is 2.30. The van der Waals surface area contributed by atoms with E-state index in [1.807, 2.05) is 13.2 Å². The Bertz CT molecular complexity index is 656. The molecule has 8 heteroatoms. The van der Waals surface area contributed by atoms with Gasteiger partial charge in [-0.3, -0.25) is 9.89 Å². The van der Waals surface area contributed by atoms with Crippen LogP contribution in [0.2, 0.25) is 0 Å². The predicted molar refractivity (Wildman–Crippen MR) is 133 cm³/mol. The minimum absolute atomic E-state index is 0. The van der Waals surface area contributed by atoms with Gasteiger partial charge in [-0.25, -0.2) is 4.98 Å². The SMILES string of the molecule is CN=C(NCc1ccc(N2CCCCCC2)nc1)N1CCC(N2CCOCC2)C1.I. The van der Waals surface area contributed by atoms with Gasteiger partial charge in [0.15, 0.2) is 5.96 Å². The number of nitrogens with one attached hydrogen (secondary N) is 1. The van der Waals surface area contributed by atoms with Crippen LogP contribution in [0.15, 0.2) is 23.3 Å². The first-order valence-corrected chi connectivity index (χ1v) is 11.3. The van der Waals surface area contributed by atoms with E-state index in [1.54, 1.807) is 0 Å². The Hall–Kier alpha value is -1.13. The number of aliphatic imine (C=N–C) groups is 1. The van der Waals surface area contributed by atoms with E-state index in [-0.39, 0.29) is 24.0 Å². The van der Waals surface area contributed by atoms with Gasteiger partial charge in [-0.1, -0.05) is 18.9 Å². The standard InChI is InChI=1S/C22H36N6O.HI/c1-23-22(28-11-8-20(18-28)26-12-14-29-15-13-26)25-17-19-6-7-21(24-16-19)27-9-4-2-3-5-10-27;/h6-7,16,20H,2-5,8-15,17-18H2,1H3,(H,23,25);1H. The van der Waals surface area contributed by atoms with Crippen LogP contribution in [-0.4, -0.2) is 86.3 Å². The van der Waals surface area contributed by atoms with E-state index in [0.29, 0.717) is 6.04 Å². The van der Waals surface area contributed by atoms with E-state index in [4.69, 9.17) is 9.72 Å². The van der Waals surface area contributed by atoms with E-state index in [1.165, 1.54) is 37.7 Å². The number of rotatable bonds is 4. The lowest BCUT2D eigenvalue weighted by molar-refractivity contribution is 0.0195. The quantitative estimate of drug-likeness (QED) is 0.369. The molecule has 3 saturated heterocycles. The molecule has 0 bridgehead atoms. The smallest absolute Gasteiger partial charge is 0.193 e. The summed E-state index contributed by atoms with van der Waals surface area (Å²) in [7, 11) is 1.88. The fraction of sp³-hybridized carbons (Fsp3) is 0.727. The van der Waals surface area contributed by atoms with Crippen LogP contribution >= 0.6 is 24.0 Å². The molecule has 1 atom stereocenters. The monoisotopic (exact) mass is 528 g/mol. The highest BCUT2D eigenvalue weighted by Crippen LogP contribution is 2.19. The predicted octanol–water partition coefficient (Wildman–Crippen LogP) is 2.56. The summed E-state index contributed by atoms with van der Waals surface area (Å²) in [4.78, 5) is 16.6. The molecule has 0 spiro atoms. The van der Waals surface area contributed by atoms with Gasteiger partial charge < -0.3 is 19.9 Å².